The van der Waals surface area contributed by atoms with Crippen LogP contribution in [0.25, 0.3) is 0 Å². The zero-order chi connectivity index (χ0) is 6.08. The molecule has 0 spiro atoms. The molecular weight excluding hydrogens is 193 g/mol. The number of aliphatic hydroxyl groups is 1. The molecule has 7 heavy (non-hydrogen) atoms. The third kappa shape index (κ3) is 3.20. The van der Waals surface area contributed by atoms with Gasteiger partial charge in [-0.2, -0.15) is 8.78 Å². The second-order valence-electron chi connectivity index (χ2n) is 0.877. The summed E-state index contributed by atoms with van der Waals surface area (Å²) in [6.07, 6.45) is 0. The smallest absolute Gasteiger partial charge is 0.356 e. The largest absolute Gasteiger partial charge is 0.375 e. The van der Waals surface area contributed by atoms with Gasteiger partial charge in [0.1, 0.15) is 0 Å². The molecule has 1 nitrogen and oxygen atoms in total. The Hall–Kier alpha value is 0.590. The molecule has 0 aliphatic heterocycles. The zero-order valence-corrected chi connectivity index (χ0v) is 5.38. The van der Waals surface area contributed by atoms with Crippen LogP contribution in [0.2, 0.25) is 0 Å². The fraction of sp³-hybridized carbons (Fsp3) is 1.00. The third-order valence-corrected chi connectivity index (χ3v) is 1.32. The minimum Gasteiger partial charge on any atom is -0.375 e. The van der Waals surface area contributed by atoms with Crippen molar-refractivity contribution in [2.75, 3.05) is 0 Å². The molecule has 44 valence electrons. The van der Waals surface area contributed by atoms with Crippen LogP contribution in [0.1, 0.15) is 0 Å². The molecule has 0 amide bonds. The predicted molar refractivity (Wildman–Crippen MR) is 25.7 cm³/mol. The first-order chi connectivity index (χ1) is 2.94. The Morgan fingerprint density at radius 2 is 1.86 bits per heavy atom. The highest BCUT2D eigenvalue weighted by atomic mass is 79.9. The van der Waals surface area contributed by atoms with E-state index in [0.717, 1.165) is 0 Å². The van der Waals surface area contributed by atoms with Gasteiger partial charge in [0.05, 0.1) is 0 Å². The van der Waals surface area contributed by atoms with Gasteiger partial charge in [-0.05, 0) is 27.5 Å². The van der Waals surface area contributed by atoms with Gasteiger partial charge in [-0.1, -0.05) is 0 Å². The topological polar surface area (TPSA) is 20.2 Å². The lowest BCUT2D eigenvalue weighted by Gasteiger charge is -2.06. The van der Waals surface area contributed by atoms with Gasteiger partial charge >= 0.3 is 5.38 Å². The quantitative estimate of drug-likeness (QED) is 0.629. The summed E-state index contributed by atoms with van der Waals surface area (Å²) in [5, 5.41) is 2.41. The number of halogens is 4. The minimum absolute atomic E-state index is 1.96. The highest BCUT2D eigenvalue weighted by Gasteiger charge is 2.32. The van der Waals surface area contributed by atoms with E-state index in [4.69, 9.17) is 5.11 Å². The van der Waals surface area contributed by atoms with Crippen LogP contribution in [0.4, 0.5) is 8.78 Å². The van der Waals surface area contributed by atoms with Crippen LogP contribution in [0.15, 0.2) is 0 Å². The summed E-state index contributed by atoms with van der Waals surface area (Å²) in [5.41, 5.74) is 0. The van der Waals surface area contributed by atoms with Crippen LogP contribution in [0.5, 0.6) is 0 Å². The summed E-state index contributed by atoms with van der Waals surface area (Å²) >= 11 is 6.41. The van der Waals surface area contributed by atoms with Crippen molar-refractivity contribution in [3.63, 3.8) is 0 Å². The summed E-state index contributed by atoms with van der Waals surface area (Å²) < 4.78 is 22.6. The molecule has 0 saturated heterocycles. The molecule has 5 heteroatoms. The fourth-order valence-corrected chi connectivity index (χ4v) is 0. The van der Waals surface area contributed by atoms with E-state index in [1.54, 1.807) is 0 Å². The predicted octanol–water partition coefficient (Wildman–Crippen LogP) is 1.53. The molecule has 1 atom stereocenters. The Kier molecular flexibility index (Phi) is 2.43. The maximum absolute atomic E-state index is 11.3. The molecule has 1 unspecified atom stereocenters. The Bertz CT molecular complexity index is 61.2. The zero-order valence-electron chi connectivity index (χ0n) is 3.04. The molecule has 0 heterocycles. The van der Waals surface area contributed by atoms with E-state index in [1.807, 2.05) is 0 Å². The van der Waals surface area contributed by atoms with E-state index in [2.05, 4.69) is 27.5 Å². The van der Waals surface area contributed by atoms with Gasteiger partial charge in [0.15, 0.2) is 5.01 Å². The molecule has 0 aromatic rings. The Labute approximate surface area is 52.4 Å². The standard InChI is InChI=1S/C2H2BrClF2O/c3-1(7)2(4,5)6/h1,7H. The van der Waals surface area contributed by atoms with E-state index in [1.165, 1.54) is 0 Å². The average molecular weight is 195 g/mol. The maximum Gasteiger partial charge on any atom is 0.356 e. The van der Waals surface area contributed by atoms with Crippen molar-refractivity contribution in [2.45, 2.75) is 10.4 Å². The number of rotatable bonds is 1. The molecular formula is C2H2BrClF2O. The average Bonchev–Trinajstić information content (AvgIpc) is 1.31. The molecule has 0 rings (SSSR count). The minimum atomic E-state index is -3.56. The van der Waals surface area contributed by atoms with Crippen molar-refractivity contribution in [3.05, 3.63) is 0 Å². The maximum atomic E-state index is 11.3. The van der Waals surface area contributed by atoms with Gasteiger partial charge in [0.25, 0.3) is 0 Å². The fourth-order valence-electron chi connectivity index (χ4n) is 0. The number of hydrogen-bond donors (Lipinski definition) is 1. The van der Waals surface area contributed by atoms with Crippen molar-refractivity contribution in [2.24, 2.45) is 0 Å². The van der Waals surface area contributed by atoms with E-state index < -0.39 is 10.4 Å². The highest BCUT2D eigenvalue weighted by molar-refractivity contribution is 9.09. The van der Waals surface area contributed by atoms with Crippen molar-refractivity contribution >= 4 is 27.5 Å². The van der Waals surface area contributed by atoms with Crippen LogP contribution in [-0.2, 0) is 0 Å². The molecule has 0 saturated carbocycles. The van der Waals surface area contributed by atoms with Gasteiger partial charge in [0.2, 0.25) is 0 Å². The SMILES string of the molecule is OC(Br)C(F)(F)Cl. The number of aliphatic hydroxyl groups excluding tert-OH is 1. The normalized spacial score (nSPS) is 16.7. The summed E-state index contributed by atoms with van der Waals surface area (Å²) in [4.78, 5) is 0. The molecule has 0 radical (unpaired) electrons. The highest BCUT2D eigenvalue weighted by Crippen LogP contribution is 2.26. The van der Waals surface area contributed by atoms with Gasteiger partial charge in [-0.25, -0.2) is 0 Å². The van der Waals surface area contributed by atoms with E-state index in [9.17, 15) is 8.78 Å². The molecule has 0 bridgehead atoms. The second kappa shape index (κ2) is 2.24. The van der Waals surface area contributed by atoms with Crippen LogP contribution in [-0.4, -0.2) is 15.5 Å². The van der Waals surface area contributed by atoms with Gasteiger partial charge < -0.3 is 5.11 Å². The Morgan fingerprint density at radius 3 is 1.86 bits per heavy atom. The number of hydrogen-bond acceptors (Lipinski definition) is 1. The molecule has 0 aromatic heterocycles. The van der Waals surface area contributed by atoms with Gasteiger partial charge in [-0.3, -0.25) is 0 Å². The lowest BCUT2D eigenvalue weighted by atomic mass is 10.8. The molecule has 0 aromatic carbocycles. The first kappa shape index (κ1) is 7.59. The molecule has 1 N–H and O–H groups in total. The van der Waals surface area contributed by atoms with Crippen LogP contribution >= 0.6 is 27.5 Å². The van der Waals surface area contributed by atoms with Crippen molar-refractivity contribution in [3.8, 4) is 0 Å². The van der Waals surface area contributed by atoms with Gasteiger partial charge in [-0.15, -0.1) is 0 Å². The number of alkyl halides is 4. The van der Waals surface area contributed by atoms with E-state index in [0.29, 0.717) is 0 Å². The summed E-state index contributed by atoms with van der Waals surface area (Å²) in [6, 6.07) is 0. The lowest BCUT2D eigenvalue weighted by molar-refractivity contribution is 0.0118. The van der Waals surface area contributed by atoms with E-state index >= 15 is 0 Å². The second-order valence-corrected chi connectivity index (χ2v) is 2.25. The first-order valence-corrected chi connectivity index (χ1v) is 2.63. The summed E-state index contributed by atoms with van der Waals surface area (Å²) in [5.74, 6) is 0. The van der Waals surface area contributed by atoms with Crippen molar-refractivity contribution in [1.82, 2.24) is 0 Å². The lowest BCUT2D eigenvalue weighted by Crippen LogP contribution is -2.19. The van der Waals surface area contributed by atoms with Crippen LogP contribution < -0.4 is 0 Å². The van der Waals surface area contributed by atoms with Crippen LogP contribution in [0, 0.1) is 0 Å². The molecule has 0 fully saturated rings. The summed E-state index contributed by atoms with van der Waals surface area (Å²) in [7, 11) is 0. The van der Waals surface area contributed by atoms with Crippen molar-refractivity contribution < 1.29 is 13.9 Å². The van der Waals surface area contributed by atoms with Crippen molar-refractivity contribution in [1.29, 1.82) is 0 Å². The Balaban J connectivity index is 3.54. The van der Waals surface area contributed by atoms with Gasteiger partial charge in [0, 0.05) is 0 Å². The first-order valence-electron chi connectivity index (χ1n) is 1.33. The monoisotopic (exact) mass is 194 g/mol. The van der Waals surface area contributed by atoms with E-state index in [-0.39, 0.29) is 0 Å². The van der Waals surface area contributed by atoms with Crippen LogP contribution in [0.3, 0.4) is 0 Å². The summed E-state index contributed by atoms with van der Waals surface area (Å²) in [6.45, 7) is 0. The molecule has 0 aliphatic rings. The third-order valence-electron chi connectivity index (χ3n) is 0.270. The Morgan fingerprint density at radius 1 is 1.71 bits per heavy atom. The molecule has 0 aliphatic carbocycles.